The van der Waals surface area contributed by atoms with Gasteiger partial charge in [0.25, 0.3) is 0 Å². The van der Waals surface area contributed by atoms with Crippen LogP contribution in [0.2, 0.25) is 0 Å². The molecule has 12 N–H and O–H groups in total. The summed E-state index contributed by atoms with van der Waals surface area (Å²) in [6, 6.07) is 12.1. The van der Waals surface area contributed by atoms with E-state index in [1.807, 2.05) is 10.6 Å². The molecule has 534 valence electrons. The molecule has 100 heavy (non-hydrogen) atoms. The van der Waals surface area contributed by atoms with Gasteiger partial charge in [0.05, 0.1) is 25.9 Å². The highest BCUT2D eigenvalue weighted by molar-refractivity contribution is 6.00. The number of carbonyl (C=O) groups excluding carboxylic acids is 11. The fourth-order valence-electron chi connectivity index (χ4n) is 13.5. The number of hydrogen-bond acceptors (Lipinski definition) is 16. The van der Waals surface area contributed by atoms with Gasteiger partial charge in [-0.1, -0.05) is 48.5 Å². The average molecular weight is 1380 g/mol. The highest BCUT2D eigenvalue weighted by Crippen LogP contribution is 2.32. The Kier molecular flexibility index (Phi) is 23.8. The number of aryl methyl sites for hydroxylation is 1. The van der Waals surface area contributed by atoms with Crippen LogP contribution >= 0.6 is 0 Å². The number of nitrogens with zero attached hydrogens (tertiary/aromatic N) is 3. The minimum absolute atomic E-state index is 0.0140. The molecule has 5 aliphatic rings. The summed E-state index contributed by atoms with van der Waals surface area (Å²) in [6.45, 7) is 3.54. The number of nitrogens with one attached hydrogen (secondary N) is 9. The maximum absolute atomic E-state index is 16.0. The largest absolute Gasteiger partial charge is 0.497 e. The smallest absolute Gasteiger partial charge is 0.246 e. The van der Waals surface area contributed by atoms with Crippen molar-refractivity contribution in [3.05, 3.63) is 130 Å². The minimum Gasteiger partial charge on any atom is -0.497 e. The van der Waals surface area contributed by atoms with E-state index in [1.165, 1.54) is 38.0 Å². The molecule has 10 atom stereocenters. The number of nitrogens with two attached hydrogens (primary N) is 1. The molecule has 5 aliphatic heterocycles. The second-order valence-corrected chi connectivity index (χ2v) is 26.3. The Morgan fingerprint density at radius 1 is 0.680 bits per heavy atom. The van der Waals surface area contributed by atoms with Crippen molar-refractivity contribution in [3.8, 4) is 11.5 Å². The average Bonchev–Trinajstić information content (AvgIpc) is 1.59. The van der Waals surface area contributed by atoms with Crippen LogP contribution in [0.5, 0.6) is 11.5 Å². The lowest BCUT2D eigenvalue weighted by atomic mass is 9.95. The van der Waals surface area contributed by atoms with Gasteiger partial charge in [-0.3, -0.25) is 52.7 Å². The molecule has 6 heterocycles. The number of aromatic nitrogens is 1. The molecule has 29 heteroatoms. The van der Waals surface area contributed by atoms with Gasteiger partial charge in [0.15, 0.2) is 0 Å². The van der Waals surface area contributed by atoms with Gasteiger partial charge >= 0.3 is 0 Å². The Bertz CT molecular complexity index is 3900. The maximum Gasteiger partial charge on any atom is 0.246 e. The van der Waals surface area contributed by atoms with Crippen molar-refractivity contribution in [2.24, 2.45) is 5.73 Å². The zero-order valence-corrected chi connectivity index (χ0v) is 56.5. The van der Waals surface area contributed by atoms with Crippen molar-refractivity contribution in [2.45, 2.75) is 171 Å². The van der Waals surface area contributed by atoms with Crippen molar-refractivity contribution in [3.63, 3.8) is 0 Å². The molecule has 2 fully saturated rings. The van der Waals surface area contributed by atoms with Crippen LogP contribution < -0.4 is 63.1 Å². The van der Waals surface area contributed by atoms with Crippen molar-refractivity contribution in [2.75, 3.05) is 46.5 Å². The van der Waals surface area contributed by atoms with Gasteiger partial charge in [0.2, 0.25) is 65.0 Å². The Morgan fingerprint density at radius 3 is 2.20 bits per heavy atom. The van der Waals surface area contributed by atoms with E-state index < -0.39 is 144 Å². The van der Waals surface area contributed by atoms with Crippen molar-refractivity contribution in [1.82, 2.24) is 62.2 Å². The van der Waals surface area contributed by atoms with E-state index in [2.05, 4.69) is 47.9 Å². The van der Waals surface area contributed by atoms with Gasteiger partial charge in [-0.15, -0.1) is 0 Å². The predicted octanol–water partition coefficient (Wildman–Crippen LogP) is 0.0236. The van der Waals surface area contributed by atoms with Gasteiger partial charge in [-0.05, 0) is 124 Å². The molecule has 2 saturated heterocycles. The van der Waals surface area contributed by atoms with Crippen LogP contribution in [0, 0.1) is 5.82 Å². The minimum atomic E-state index is -1.84. The maximum atomic E-state index is 16.0. The zero-order valence-electron chi connectivity index (χ0n) is 56.5. The highest BCUT2D eigenvalue weighted by Gasteiger charge is 2.50. The summed E-state index contributed by atoms with van der Waals surface area (Å²) < 4.78 is 35.6. The first-order valence-corrected chi connectivity index (χ1v) is 34.0. The summed E-state index contributed by atoms with van der Waals surface area (Å²) in [5.74, 6) is -8.27. The van der Waals surface area contributed by atoms with Crippen LogP contribution in [0.1, 0.15) is 99.1 Å². The number of benzene rings is 4. The SMILES string of the molecule is COc1ccc(C[C@H]2NC(=O)[C@H]([C@H](C)O)NC(=O)C3C4CCN3C(=O)[C@@H]3Cc5cn(c6ccc(F)cc56)CCCCOc5cc(ccc5CNC(=O)CCC(=O)N[C@@H](C)C(=O)N[C@H](CN)C(=O)N[C@@H](Cc5cccc(c5)CNC(=O)CO4)C(=O)N3)CCNC(=O)[C@@]3(C)CCCN3C2=O)cc1. The number of hydrogen-bond donors (Lipinski definition) is 11. The number of amides is 11. The number of aliphatic hydroxyl groups excluding tert-OH is 1. The quantitative estimate of drug-likeness (QED) is 0.111. The van der Waals surface area contributed by atoms with E-state index in [4.69, 9.17) is 19.9 Å². The highest BCUT2D eigenvalue weighted by atomic mass is 19.1. The monoisotopic (exact) mass is 1380 g/mol. The van der Waals surface area contributed by atoms with E-state index in [1.54, 1.807) is 79.9 Å². The van der Waals surface area contributed by atoms with Crippen LogP contribution in [-0.4, -0.2) is 191 Å². The Balaban J connectivity index is 1.09. The first-order valence-electron chi connectivity index (χ1n) is 34.0. The summed E-state index contributed by atoms with van der Waals surface area (Å²) in [5.41, 5.74) is 8.57. The lowest BCUT2D eigenvalue weighted by Crippen LogP contribution is -2.64. The van der Waals surface area contributed by atoms with Gasteiger partial charge < -0.3 is 87.3 Å². The molecule has 1 aromatic heterocycles. The molecule has 5 aromatic rings. The molecular formula is C71H88FN13O15. The number of halogens is 1. The van der Waals surface area contributed by atoms with Crippen molar-refractivity contribution >= 4 is 75.9 Å². The topological polar surface area (TPSA) is 381 Å². The molecule has 0 aliphatic carbocycles. The number of rotatable bonds is 5. The zero-order chi connectivity index (χ0) is 71.4. The first-order chi connectivity index (χ1) is 48.0. The number of methoxy groups -OCH3 is 1. The van der Waals surface area contributed by atoms with E-state index in [0.29, 0.717) is 82.4 Å². The van der Waals surface area contributed by atoms with Gasteiger partial charge in [-0.2, -0.15) is 0 Å². The molecule has 0 radical (unpaired) electrons. The lowest BCUT2D eigenvalue weighted by molar-refractivity contribution is -0.148. The van der Waals surface area contributed by atoms with Crippen LogP contribution in [0.25, 0.3) is 10.9 Å². The second-order valence-electron chi connectivity index (χ2n) is 26.3. The Hall–Kier alpha value is -10.00. The molecule has 11 bridgehead atoms. The van der Waals surface area contributed by atoms with Crippen molar-refractivity contribution < 1.29 is 76.4 Å². The summed E-state index contributed by atoms with van der Waals surface area (Å²) in [4.78, 5) is 163. The van der Waals surface area contributed by atoms with E-state index >= 15 is 28.4 Å². The normalized spacial score (nSPS) is 26.1. The fourth-order valence-corrected chi connectivity index (χ4v) is 13.5. The van der Waals surface area contributed by atoms with Crippen LogP contribution in [0.3, 0.4) is 0 Å². The molecular weight excluding hydrogens is 1290 g/mol. The predicted molar refractivity (Wildman–Crippen MR) is 360 cm³/mol. The Morgan fingerprint density at radius 2 is 1.43 bits per heavy atom. The van der Waals surface area contributed by atoms with Crippen LogP contribution in [-0.2, 0) is 103 Å². The molecule has 2 unspecified atom stereocenters. The second kappa shape index (κ2) is 32.8. The van der Waals surface area contributed by atoms with Crippen molar-refractivity contribution in [1.29, 1.82) is 0 Å². The third kappa shape index (κ3) is 17.7. The molecule has 28 nitrogen and oxygen atoms in total. The number of fused-ring (bicyclic) bond motifs is 11. The van der Waals surface area contributed by atoms with Gasteiger partial charge in [0.1, 0.15) is 71.8 Å². The third-order valence-electron chi connectivity index (χ3n) is 19.1. The number of carbonyl (C=O) groups is 11. The molecule has 0 spiro atoms. The van der Waals surface area contributed by atoms with Crippen LogP contribution in [0.4, 0.5) is 4.39 Å². The summed E-state index contributed by atoms with van der Waals surface area (Å²) >= 11 is 0. The van der Waals surface area contributed by atoms with E-state index in [-0.39, 0.29) is 84.3 Å². The van der Waals surface area contributed by atoms with Gasteiger partial charge in [0, 0.05) is 101 Å². The fraction of sp³-hybridized carbons (Fsp3) is 0.479. The number of ether oxygens (including phenoxy) is 3. The Labute approximate surface area is 577 Å². The molecule has 4 aromatic carbocycles. The van der Waals surface area contributed by atoms with Crippen LogP contribution in [0.15, 0.2) is 91.1 Å². The summed E-state index contributed by atoms with van der Waals surface area (Å²) in [7, 11) is 1.49. The lowest BCUT2D eigenvalue weighted by Gasteiger charge is -2.37. The van der Waals surface area contributed by atoms with Gasteiger partial charge in [-0.25, -0.2) is 4.39 Å². The third-order valence-corrected chi connectivity index (χ3v) is 19.1. The first kappa shape index (κ1) is 72.7. The molecule has 11 amide bonds. The molecule has 10 rings (SSSR count). The van der Waals surface area contributed by atoms with E-state index in [9.17, 15) is 33.9 Å². The molecule has 0 saturated carbocycles. The van der Waals surface area contributed by atoms with E-state index in [0.717, 1.165) is 10.5 Å². The summed E-state index contributed by atoms with van der Waals surface area (Å²) in [5, 5.41) is 36.7. The summed E-state index contributed by atoms with van der Waals surface area (Å²) in [6.07, 6.45) is -0.759. The standard InChI is InChI=1S/C71H88FN13O15/c1-40-63(90)81-54(35-73)65(92)78-51-31-44-9-7-10-45(29-44)36-75-60(89)39-100-56-22-27-84-62(56)67(94)82-61(41(2)86)66(93)80-52(30-42-12-16-49(98-4)17-13-42)69(96)85-26-8-23-71(85,3)70(97)74-24-21-43-11-14-46(37-76-58(87)19-20-59(88)77-40)57(32-43)99-28-6-5-25-83-38-47(33-53(68(84)95)79-64(51)91)50-34-48(72)15-18-55(50)83/h7,9-18,29,32,34,38,40-41,51-54,56,61-62,86H,5-6,8,19-28,30-31,33,35-37,39,73H2,1-4H3,(H,74,97)(H,75,89)(H,76,87)(H,77,88)(H,78,92)(H,79,91)(H,80,93)(H,81,90)(H,82,94)/t40-,41-,51-,52+,53-,54+,56?,61-,62?,71+/m0/s1. The number of aliphatic hydroxyl groups is 1.